The lowest BCUT2D eigenvalue weighted by Crippen LogP contribution is -2.47. The number of aliphatic carboxylic acids is 1. The zero-order valence-electron chi connectivity index (χ0n) is 10.4. The third-order valence-electron chi connectivity index (χ3n) is 3.81. The van der Waals surface area contributed by atoms with Crippen molar-refractivity contribution in [2.75, 3.05) is 6.61 Å². The normalized spacial score (nSPS) is 22.8. The van der Waals surface area contributed by atoms with Crippen LogP contribution in [0.3, 0.4) is 0 Å². The van der Waals surface area contributed by atoms with Gasteiger partial charge in [0, 0.05) is 0 Å². The molecule has 0 aromatic heterocycles. The summed E-state index contributed by atoms with van der Waals surface area (Å²) in [5, 5.41) is 11.9. The molecule has 1 aromatic carbocycles. The minimum absolute atomic E-state index is 0.153. The van der Waals surface area contributed by atoms with Crippen LogP contribution in [-0.4, -0.2) is 29.6 Å². The summed E-state index contributed by atoms with van der Waals surface area (Å²) in [4.78, 5) is 23.1. The quantitative estimate of drug-likeness (QED) is 0.795. The molecule has 5 nitrogen and oxygen atoms in total. The average Bonchev–Trinajstić information content (AvgIpc) is 3.20. The minimum Gasteiger partial charge on any atom is -0.491 e. The maximum atomic E-state index is 12.0. The lowest BCUT2D eigenvalue weighted by Gasteiger charge is -2.27. The summed E-state index contributed by atoms with van der Waals surface area (Å²) >= 11 is 0. The van der Waals surface area contributed by atoms with Crippen LogP contribution in [0.2, 0.25) is 0 Å². The molecule has 1 unspecified atom stereocenters. The van der Waals surface area contributed by atoms with E-state index in [1.54, 1.807) is 0 Å². The highest BCUT2D eigenvalue weighted by atomic mass is 16.5. The smallest absolute Gasteiger partial charge is 0.319 e. The number of nitrogens with one attached hydrogen (secondary N) is 1. The largest absolute Gasteiger partial charge is 0.491 e. The van der Waals surface area contributed by atoms with Crippen molar-refractivity contribution < 1.29 is 19.4 Å². The number of carboxylic acids is 1. The molecule has 1 fully saturated rings. The monoisotopic (exact) mass is 261 g/mol. The van der Waals surface area contributed by atoms with Gasteiger partial charge in [-0.2, -0.15) is 0 Å². The van der Waals surface area contributed by atoms with Gasteiger partial charge in [-0.3, -0.25) is 9.59 Å². The number of amides is 1. The van der Waals surface area contributed by atoms with E-state index in [2.05, 4.69) is 5.32 Å². The van der Waals surface area contributed by atoms with E-state index in [1.807, 2.05) is 24.3 Å². The van der Waals surface area contributed by atoms with Crippen LogP contribution in [0.25, 0.3) is 0 Å². The first kappa shape index (κ1) is 12.0. The number of fused-ring (bicyclic) bond motifs is 1. The first-order valence-corrected chi connectivity index (χ1v) is 6.37. The van der Waals surface area contributed by atoms with Crippen molar-refractivity contribution in [2.45, 2.75) is 25.3 Å². The SMILES string of the molecule is O=C(O)C1(C(=O)NC2COc3ccccc3C2)CC1. The van der Waals surface area contributed by atoms with E-state index in [0.717, 1.165) is 11.3 Å². The summed E-state index contributed by atoms with van der Waals surface area (Å²) in [5.41, 5.74) is -0.143. The van der Waals surface area contributed by atoms with Crippen LogP contribution >= 0.6 is 0 Å². The van der Waals surface area contributed by atoms with E-state index < -0.39 is 11.4 Å². The molecular formula is C14H15NO4. The Morgan fingerprint density at radius 3 is 2.74 bits per heavy atom. The first-order valence-electron chi connectivity index (χ1n) is 6.37. The van der Waals surface area contributed by atoms with Gasteiger partial charge in [-0.05, 0) is 30.9 Å². The lowest BCUT2D eigenvalue weighted by molar-refractivity contribution is -0.149. The lowest BCUT2D eigenvalue weighted by atomic mass is 10.0. The van der Waals surface area contributed by atoms with Crippen molar-refractivity contribution in [1.82, 2.24) is 5.32 Å². The number of rotatable bonds is 3. The summed E-state index contributed by atoms with van der Waals surface area (Å²) < 4.78 is 5.57. The molecule has 1 saturated carbocycles. The first-order chi connectivity index (χ1) is 9.12. The van der Waals surface area contributed by atoms with Gasteiger partial charge < -0.3 is 15.2 Å². The number of benzene rings is 1. The minimum atomic E-state index is -1.18. The number of hydrogen-bond donors (Lipinski definition) is 2. The fraction of sp³-hybridized carbons (Fsp3) is 0.429. The highest BCUT2D eigenvalue weighted by Gasteiger charge is 2.57. The van der Waals surface area contributed by atoms with E-state index in [0.29, 0.717) is 25.9 Å². The Bertz CT molecular complexity index is 536. The van der Waals surface area contributed by atoms with Crippen LogP contribution < -0.4 is 10.1 Å². The van der Waals surface area contributed by atoms with Crippen molar-refractivity contribution in [2.24, 2.45) is 5.41 Å². The van der Waals surface area contributed by atoms with Crippen LogP contribution in [0.1, 0.15) is 18.4 Å². The van der Waals surface area contributed by atoms with Gasteiger partial charge in [0.2, 0.25) is 5.91 Å². The number of hydrogen-bond acceptors (Lipinski definition) is 3. The summed E-state index contributed by atoms with van der Waals surface area (Å²) in [7, 11) is 0. The van der Waals surface area contributed by atoms with Crippen molar-refractivity contribution >= 4 is 11.9 Å². The van der Waals surface area contributed by atoms with E-state index in [4.69, 9.17) is 9.84 Å². The molecule has 0 radical (unpaired) electrons. The zero-order valence-corrected chi connectivity index (χ0v) is 10.4. The van der Waals surface area contributed by atoms with Gasteiger partial charge in [0.15, 0.2) is 0 Å². The number of ether oxygens (including phenoxy) is 1. The predicted molar refractivity (Wildman–Crippen MR) is 66.9 cm³/mol. The molecule has 1 aliphatic heterocycles. The Balaban J connectivity index is 1.67. The predicted octanol–water partition coefficient (Wildman–Crippen LogP) is 0.971. The summed E-state index contributed by atoms with van der Waals surface area (Å²) in [6.07, 6.45) is 1.54. The van der Waals surface area contributed by atoms with Crippen LogP contribution in [0.5, 0.6) is 5.75 Å². The Morgan fingerprint density at radius 2 is 2.05 bits per heavy atom. The van der Waals surface area contributed by atoms with Crippen molar-refractivity contribution in [3.05, 3.63) is 29.8 Å². The molecule has 1 atom stereocenters. The molecule has 0 spiro atoms. The molecule has 19 heavy (non-hydrogen) atoms. The summed E-state index contributed by atoms with van der Waals surface area (Å²) in [6.45, 7) is 0.387. The molecule has 5 heteroatoms. The molecule has 2 aliphatic rings. The molecule has 3 rings (SSSR count). The van der Waals surface area contributed by atoms with E-state index in [1.165, 1.54) is 0 Å². The van der Waals surface area contributed by atoms with Crippen molar-refractivity contribution in [1.29, 1.82) is 0 Å². The van der Waals surface area contributed by atoms with E-state index >= 15 is 0 Å². The van der Waals surface area contributed by atoms with E-state index in [-0.39, 0.29) is 11.9 Å². The Kier molecular flexibility index (Phi) is 2.69. The van der Waals surface area contributed by atoms with Crippen LogP contribution in [-0.2, 0) is 16.0 Å². The van der Waals surface area contributed by atoms with Crippen LogP contribution in [0, 0.1) is 5.41 Å². The Morgan fingerprint density at radius 1 is 1.32 bits per heavy atom. The highest BCUT2D eigenvalue weighted by molar-refractivity contribution is 6.04. The molecule has 1 heterocycles. The number of carbonyl (C=O) groups is 2. The molecule has 1 aromatic rings. The third kappa shape index (κ3) is 2.05. The van der Waals surface area contributed by atoms with Crippen molar-refractivity contribution in [3.63, 3.8) is 0 Å². The molecule has 1 amide bonds. The van der Waals surface area contributed by atoms with E-state index in [9.17, 15) is 9.59 Å². The summed E-state index contributed by atoms with van der Waals surface area (Å²) in [5.74, 6) is -0.567. The van der Waals surface area contributed by atoms with Gasteiger partial charge >= 0.3 is 5.97 Å². The molecule has 0 saturated heterocycles. The maximum absolute atomic E-state index is 12.0. The third-order valence-corrected chi connectivity index (χ3v) is 3.81. The molecule has 100 valence electrons. The average molecular weight is 261 g/mol. The maximum Gasteiger partial charge on any atom is 0.319 e. The Labute approximate surface area is 110 Å². The summed E-state index contributed by atoms with van der Waals surface area (Å²) in [6, 6.07) is 7.53. The fourth-order valence-corrected chi connectivity index (χ4v) is 2.41. The second kappa shape index (κ2) is 4.26. The number of carbonyl (C=O) groups excluding carboxylic acids is 1. The number of carboxylic acid groups (broad SMARTS) is 1. The number of para-hydroxylation sites is 1. The van der Waals surface area contributed by atoms with Gasteiger partial charge in [0.1, 0.15) is 17.8 Å². The molecule has 0 bridgehead atoms. The van der Waals surface area contributed by atoms with Crippen LogP contribution in [0.4, 0.5) is 0 Å². The van der Waals surface area contributed by atoms with Gasteiger partial charge in [-0.15, -0.1) is 0 Å². The van der Waals surface area contributed by atoms with Crippen LogP contribution in [0.15, 0.2) is 24.3 Å². The topological polar surface area (TPSA) is 75.6 Å². The standard InChI is InChI=1S/C14H15NO4/c16-12(14(5-6-14)13(17)18)15-10-7-9-3-1-2-4-11(9)19-8-10/h1-4,10H,5-8H2,(H,15,16)(H,17,18). The second-order valence-corrected chi connectivity index (χ2v) is 5.18. The molecule has 1 aliphatic carbocycles. The zero-order chi connectivity index (χ0) is 13.5. The Hall–Kier alpha value is -2.04. The van der Waals surface area contributed by atoms with Gasteiger partial charge in [0.25, 0.3) is 0 Å². The molecule has 2 N–H and O–H groups in total. The van der Waals surface area contributed by atoms with Crippen molar-refractivity contribution in [3.8, 4) is 5.75 Å². The van der Waals surface area contributed by atoms with Gasteiger partial charge in [0.05, 0.1) is 6.04 Å². The van der Waals surface area contributed by atoms with Gasteiger partial charge in [-0.1, -0.05) is 18.2 Å². The fourth-order valence-electron chi connectivity index (χ4n) is 2.41. The van der Waals surface area contributed by atoms with Gasteiger partial charge in [-0.25, -0.2) is 0 Å². The highest BCUT2D eigenvalue weighted by Crippen LogP contribution is 2.46. The second-order valence-electron chi connectivity index (χ2n) is 5.18. The molecular weight excluding hydrogens is 246 g/mol.